The van der Waals surface area contributed by atoms with Crippen molar-refractivity contribution in [2.75, 3.05) is 46.4 Å². The van der Waals surface area contributed by atoms with Crippen LogP contribution in [0.3, 0.4) is 0 Å². The van der Waals surface area contributed by atoms with Crippen molar-refractivity contribution < 1.29 is 9.26 Å². The number of rotatable bonds is 8. The lowest BCUT2D eigenvalue weighted by molar-refractivity contribution is 0.0362. The van der Waals surface area contributed by atoms with Crippen molar-refractivity contribution in [3.8, 4) is 0 Å². The second-order valence-electron chi connectivity index (χ2n) is 6.42. The molecule has 1 saturated heterocycles. The largest absolute Gasteiger partial charge is 0.379 e. The zero-order chi connectivity index (χ0) is 17.5. The van der Waals surface area contributed by atoms with E-state index in [1.165, 1.54) is 0 Å². The van der Waals surface area contributed by atoms with Crippen molar-refractivity contribution in [2.45, 2.75) is 19.4 Å². The van der Waals surface area contributed by atoms with Crippen molar-refractivity contribution in [1.29, 1.82) is 0 Å². The lowest BCUT2D eigenvalue weighted by Gasteiger charge is -2.27. The van der Waals surface area contributed by atoms with E-state index < -0.39 is 0 Å². The standard InChI is InChI=1S/C18H25ClN4O2/c1-22(7-4-8-23-9-11-24-12-10-23)14-18-20-17(21-25-18)13-15-5-2-3-6-16(15)19/h2-3,5-6H,4,7-14H2,1H3. The number of nitrogens with zero attached hydrogens (tertiary/aromatic N) is 4. The molecule has 0 bridgehead atoms. The fourth-order valence-corrected chi connectivity index (χ4v) is 3.14. The minimum absolute atomic E-state index is 0.587. The molecule has 2 aromatic rings. The topological polar surface area (TPSA) is 54.6 Å². The maximum atomic E-state index is 6.18. The average Bonchev–Trinajstić information content (AvgIpc) is 3.05. The van der Waals surface area contributed by atoms with Gasteiger partial charge in [0.1, 0.15) is 0 Å². The van der Waals surface area contributed by atoms with E-state index in [1.54, 1.807) is 0 Å². The molecule has 6 nitrogen and oxygen atoms in total. The highest BCUT2D eigenvalue weighted by Gasteiger charge is 2.13. The predicted octanol–water partition coefficient (Wildman–Crippen LogP) is 2.47. The number of hydrogen-bond acceptors (Lipinski definition) is 6. The van der Waals surface area contributed by atoms with Crippen molar-refractivity contribution in [2.24, 2.45) is 0 Å². The van der Waals surface area contributed by atoms with Gasteiger partial charge in [-0.15, -0.1) is 0 Å². The number of morpholine rings is 1. The van der Waals surface area contributed by atoms with Gasteiger partial charge in [0.2, 0.25) is 5.89 Å². The molecule has 3 rings (SSSR count). The first-order valence-electron chi connectivity index (χ1n) is 8.74. The smallest absolute Gasteiger partial charge is 0.240 e. The van der Waals surface area contributed by atoms with Crippen LogP contribution in [0.5, 0.6) is 0 Å². The Morgan fingerprint density at radius 3 is 2.84 bits per heavy atom. The third kappa shape index (κ3) is 5.78. The van der Waals surface area contributed by atoms with Gasteiger partial charge < -0.3 is 9.26 Å². The van der Waals surface area contributed by atoms with Gasteiger partial charge in [-0.2, -0.15) is 4.98 Å². The molecule has 136 valence electrons. The summed E-state index contributed by atoms with van der Waals surface area (Å²) in [5.74, 6) is 1.32. The van der Waals surface area contributed by atoms with Crippen molar-refractivity contribution in [3.63, 3.8) is 0 Å². The summed E-state index contributed by atoms with van der Waals surface area (Å²) < 4.78 is 10.7. The summed E-state index contributed by atoms with van der Waals surface area (Å²) in [6, 6.07) is 7.74. The van der Waals surface area contributed by atoms with Crippen LogP contribution in [0.15, 0.2) is 28.8 Å². The Kier molecular flexibility index (Phi) is 6.81. The van der Waals surface area contributed by atoms with Crippen LogP contribution >= 0.6 is 11.6 Å². The molecule has 0 spiro atoms. The second-order valence-corrected chi connectivity index (χ2v) is 6.83. The van der Waals surface area contributed by atoms with E-state index in [9.17, 15) is 0 Å². The second kappa shape index (κ2) is 9.29. The fraction of sp³-hybridized carbons (Fsp3) is 0.556. The number of ether oxygens (including phenoxy) is 1. The molecule has 0 N–H and O–H groups in total. The van der Waals surface area contributed by atoms with E-state index in [-0.39, 0.29) is 0 Å². The maximum Gasteiger partial charge on any atom is 0.240 e. The van der Waals surface area contributed by atoms with E-state index in [0.717, 1.165) is 56.4 Å². The molecule has 1 aromatic carbocycles. The zero-order valence-corrected chi connectivity index (χ0v) is 15.4. The van der Waals surface area contributed by atoms with Crippen molar-refractivity contribution in [3.05, 3.63) is 46.6 Å². The minimum atomic E-state index is 0.587. The van der Waals surface area contributed by atoms with Crippen molar-refractivity contribution >= 4 is 11.6 Å². The number of halogens is 1. The lowest BCUT2D eigenvalue weighted by Crippen LogP contribution is -2.37. The van der Waals surface area contributed by atoms with Gasteiger partial charge in [0.05, 0.1) is 19.8 Å². The van der Waals surface area contributed by atoms with Crippen LogP contribution in [-0.4, -0.2) is 66.4 Å². The Morgan fingerprint density at radius 1 is 1.24 bits per heavy atom. The van der Waals surface area contributed by atoms with E-state index in [4.69, 9.17) is 20.9 Å². The molecule has 0 aliphatic carbocycles. The van der Waals surface area contributed by atoms with Gasteiger partial charge in [-0.3, -0.25) is 9.80 Å². The minimum Gasteiger partial charge on any atom is -0.379 e. The maximum absolute atomic E-state index is 6.18. The molecule has 25 heavy (non-hydrogen) atoms. The summed E-state index contributed by atoms with van der Waals surface area (Å²) in [5.41, 5.74) is 1.01. The fourth-order valence-electron chi connectivity index (χ4n) is 2.94. The number of benzene rings is 1. The molecular weight excluding hydrogens is 340 g/mol. The Labute approximate surface area is 153 Å². The van der Waals surface area contributed by atoms with Crippen LogP contribution in [0, 0.1) is 0 Å². The van der Waals surface area contributed by atoms with Crippen LogP contribution < -0.4 is 0 Å². The van der Waals surface area contributed by atoms with E-state index in [0.29, 0.717) is 24.7 Å². The predicted molar refractivity (Wildman–Crippen MR) is 96.8 cm³/mol. The molecule has 0 atom stereocenters. The van der Waals surface area contributed by atoms with Crippen LogP contribution in [0.2, 0.25) is 5.02 Å². The average molecular weight is 365 g/mol. The highest BCUT2D eigenvalue weighted by Crippen LogP contribution is 2.17. The zero-order valence-electron chi connectivity index (χ0n) is 14.7. The molecule has 0 amide bonds. The molecule has 1 aliphatic heterocycles. The Morgan fingerprint density at radius 2 is 2.04 bits per heavy atom. The lowest BCUT2D eigenvalue weighted by atomic mass is 10.1. The van der Waals surface area contributed by atoms with Gasteiger partial charge in [0.25, 0.3) is 0 Å². The molecule has 1 fully saturated rings. The highest BCUT2D eigenvalue weighted by atomic mass is 35.5. The Bertz CT molecular complexity index is 658. The SMILES string of the molecule is CN(CCCN1CCOCC1)Cc1nc(Cc2ccccc2Cl)no1. The monoisotopic (exact) mass is 364 g/mol. The molecule has 0 radical (unpaired) electrons. The van der Waals surface area contributed by atoms with Crippen LogP contribution in [0.25, 0.3) is 0 Å². The summed E-state index contributed by atoms with van der Waals surface area (Å²) in [6.07, 6.45) is 1.71. The number of aromatic nitrogens is 2. The quantitative estimate of drug-likeness (QED) is 0.717. The van der Waals surface area contributed by atoms with Gasteiger partial charge in [0.15, 0.2) is 5.82 Å². The first-order chi connectivity index (χ1) is 12.2. The molecule has 0 unspecified atom stereocenters. The normalized spacial score (nSPS) is 15.8. The van der Waals surface area contributed by atoms with Crippen LogP contribution in [0.4, 0.5) is 0 Å². The third-order valence-electron chi connectivity index (χ3n) is 4.34. The van der Waals surface area contributed by atoms with Crippen molar-refractivity contribution in [1.82, 2.24) is 19.9 Å². The van der Waals surface area contributed by atoms with Crippen LogP contribution in [-0.2, 0) is 17.7 Å². The Balaban J connectivity index is 1.42. The molecule has 1 aliphatic rings. The summed E-state index contributed by atoms with van der Waals surface area (Å²) >= 11 is 6.18. The van der Waals surface area contributed by atoms with Gasteiger partial charge in [-0.1, -0.05) is 35.0 Å². The first kappa shape index (κ1) is 18.3. The molecular formula is C18H25ClN4O2. The molecule has 2 heterocycles. The van der Waals surface area contributed by atoms with E-state index in [2.05, 4.69) is 27.0 Å². The molecule has 1 aromatic heterocycles. The van der Waals surface area contributed by atoms with Gasteiger partial charge in [-0.25, -0.2) is 0 Å². The van der Waals surface area contributed by atoms with Gasteiger partial charge in [-0.05, 0) is 38.2 Å². The number of hydrogen-bond donors (Lipinski definition) is 0. The summed E-state index contributed by atoms with van der Waals surface area (Å²) in [7, 11) is 2.08. The summed E-state index contributed by atoms with van der Waals surface area (Å²) in [6.45, 7) is 6.56. The third-order valence-corrected chi connectivity index (χ3v) is 4.71. The van der Waals surface area contributed by atoms with Gasteiger partial charge in [0, 0.05) is 24.5 Å². The van der Waals surface area contributed by atoms with E-state index in [1.807, 2.05) is 24.3 Å². The highest BCUT2D eigenvalue weighted by molar-refractivity contribution is 6.31. The Hall–Kier alpha value is -1.47. The van der Waals surface area contributed by atoms with Gasteiger partial charge >= 0.3 is 0 Å². The van der Waals surface area contributed by atoms with E-state index >= 15 is 0 Å². The summed E-state index contributed by atoms with van der Waals surface area (Å²) in [4.78, 5) is 9.15. The first-order valence-corrected chi connectivity index (χ1v) is 9.12. The summed E-state index contributed by atoms with van der Waals surface area (Å²) in [5, 5.41) is 4.80. The molecule has 0 saturated carbocycles. The van der Waals surface area contributed by atoms with Crippen LogP contribution in [0.1, 0.15) is 23.7 Å². The molecule has 7 heteroatoms.